The van der Waals surface area contributed by atoms with Crippen LogP contribution in [0.2, 0.25) is 0 Å². The Morgan fingerprint density at radius 3 is 2.39 bits per heavy atom. The molecule has 1 aliphatic rings. The second kappa shape index (κ2) is 5.42. The average molecular weight is 384 g/mol. The van der Waals surface area contributed by atoms with Gasteiger partial charge in [0.05, 0.1) is 5.56 Å². The highest BCUT2D eigenvalue weighted by Crippen LogP contribution is 2.32. The monoisotopic (exact) mass is 383 g/mol. The van der Waals surface area contributed by atoms with Crippen LogP contribution < -0.4 is 4.90 Å². The first-order valence-corrected chi connectivity index (χ1v) is 7.40. The van der Waals surface area contributed by atoms with Crippen LogP contribution in [0.3, 0.4) is 0 Å². The fourth-order valence-corrected chi connectivity index (χ4v) is 3.16. The molecule has 0 spiro atoms. The van der Waals surface area contributed by atoms with Gasteiger partial charge >= 0.3 is 6.18 Å². The Morgan fingerprint density at radius 1 is 1.17 bits per heavy atom. The van der Waals surface area contributed by atoms with Crippen molar-refractivity contribution < 1.29 is 18.0 Å². The van der Waals surface area contributed by atoms with Crippen molar-refractivity contribution in [3.8, 4) is 6.07 Å². The molecule has 118 valence electrons. The summed E-state index contributed by atoms with van der Waals surface area (Å²) in [4.78, 5) is 14.0. The molecule has 0 fully saturated rings. The molecule has 0 unspecified atom stereocenters. The summed E-state index contributed by atoms with van der Waals surface area (Å²) >= 11 is 3.25. The lowest BCUT2D eigenvalue weighted by atomic mass is 10.1. The van der Waals surface area contributed by atoms with Gasteiger partial charge in [-0.15, -0.1) is 0 Å². The van der Waals surface area contributed by atoms with Crippen LogP contribution in [0, 0.1) is 11.3 Å². The van der Waals surface area contributed by atoms with Gasteiger partial charge in [0, 0.05) is 23.2 Å². The van der Waals surface area contributed by atoms with E-state index in [1.165, 1.54) is 17.0 Å². The van der Waals surface area contributed by atoms with Crippen LogP contribution in [-0.2, 0) is 12.7 Å². The topological polar surface area (TPSA) is 49.0 Å². The number of alkyl halides is 3. The van der Waals surface area contributed by atoms with E-state index in [1.54, 1.807) is 10.6 Å². The molecule has 0 atom stereocenters. The molecule has 0 saturated heterocycles. The zero-order valence-corrected chi connectivity index (χ0v) is 13.1. The summed E-state index contributed by atoms with van der Waals surface area (Å²) in [6.07, 6.45) is -4.41. The minimum absolute atomic E-state index is 0.285. The largest absolute Gasteiger partial charge is 0.416 e. The minimum atomic E-state index is -4.41. The summed E-state index contributed by atoms with van der Waals surface area (Å²) in [5.41, 5.74) is 0.322. The van der Waals surface area contributed by atoms with E-state index in [1.807, 2.05) is 6.07 Å². The lowest BCUT2D eigenvalue weighted by Gasteiger charge is -2.29. The second-order valence-electron chi connectivity index (χ2n) is 4.99. The van der Waals surface area contributed by atoms with Gasteiger partial charge in [-0.05, 0) is 46.3 Å². The van der Waals surface area contributed by atoms with Gasteiger partial charge in [-0.3, -0.25) is 4.79 Å². The van der Waals surface area contributed by atoms with Gasteiger partial charge in [0.1, 0.15) is 17.5 Å². The molecule has 1 amide bonds. The number of anilines is 1. The number of benzene rings is 1. The van der Waals surface area contributed by atoms with Crippen LogP contribution in [0.5, 0.6) is 0 Å². The molecule has 4 nitrogen and oxygen atoms in total. The number of aromatic nitrogens is 1. The lowest BCUT2D eigenvalue weighted by Crippen LogP contribution is -2.40. The summed E-state index contributed by atoms with van der Waals surface area (Å²) < 4.78 is 39.9. The summed E-state index contributed by atoms with van der Waals surface area (Å²) in [5.74, 6) is -0.357. The highest BCUT2D eigenvalue weighted by atomic mass is 79.9. The van der Waals surface area contributed by atoms with E-state index in [0.29, 0.717) is 28.1 Å². The molecule has 0 radical (unpaired) electrons. The SMILES string of the molecule is N#Cc1cc(Br)c2n1CCN(c1ccc(C(F)(F)F)cc1)C2=O. The molecule has 1 aromatic carbocycles. The van der Waals surface area contributed by atoms with Crippen molar-refractivity contribution in [1.29, 1.82) is 5.26 Å². The van der Waals surface area contributed by atoms with E-state index in [0.717, 1.165) is 12.1 Å². The minimum Gasteiger partial charge on any atom is -0.326 e. The molecule has 0 saturated carbocycles. The Kier molecular flexibility index (Phi) is 3.68. The predicted molar refractivity (Wildman–Crippen MR) is 80.0 cm³/mol. The molecular formula is C15H9BrF3N3O. The molecule has 3 rings (SSSR count). The third kappa shape index (κ3) is 2.61. The Morgan fingerprint density at radius 2 is 1.83 bits per heavy atom. The first-order valence-electron chi connectivity index (χ1n) is 6.61. The standard InChI is InChI=1S/C15H9BrF3N3O/c16-12-7-11(8-20)21-5-6-22(14(23)13(12)21)10-3-1-9(2-4-10)15(17,18)19/h1-4,7H,5-6H2. The Hall–Kier alpha value is -2.27. The molecule has 0 bridgehead atoms. The van der Waals surface area contributed by atoms with Gasteiger partial charge in [0.15, 0.2) is 0 Å². The second-order valence-corrected chi connectivity index (χ2v) is 5.85. The fraction of sp³-hybridized carbons (Fsp3) is 0.200. The van der Waals surface area contributed by atoms with Gasteiger partial charge in [0.25, 0.3) is 5.91 Å². The van der Waals surface area contributed by atoms with Gasteiger partial charge in [-0.2, -0.15) is 18.4 Å². The summed E-state index contributed by atoms with van der Waals surface area (Å²) in [6, 6.07) is 8.02. The smallest absolute Gasteiger partial charge is 0.326 e. The van der Waals surface area contributed by atoms with Crippen LogP contribution in [0.4, 0.5) is 18.9 Å². The molecule has 1 aliphatic heterocycles. The molecule has 0 N–H and O–H groups in total. The zero-order valence-electron chi connectivity index (χ0n) is 11.6. The average Bonchev–Trinajstić information content (AvgIpc) is 2.84. The molecule has 23 heavy (non-hydrogen) atoms. The van der Waals surface area contributed by atoms with Gasteiger partial charge in [-0.1, -0.05) is 0 Å². The third-order valence-corrected chi connectivity index (χ3v) is 4.27. The fourth-order valence-electron chi connectivity index (χ4n) is 2.56. The van der Waals surface area contributed by atoms with Crippen LogP contribution in [0.1, 0.15) is 21.7 Å². The quantitative estimate of drug-likeness (QED) is 0.751. The van der Waals surface area contributed by atoms with E-state index < -0.39 is 11.7 Å². The molecule has 2 heterocycles. The Balaban J connectivity index is 1.95. The summed E-state index contributed by atoms with van der Waals surface area (Å²) in [5, 5.41) is 9.06. The number of rotatable bonds is 1. The number of carbonyl (C=O) groups is 1. The Bertz CT molecular complexity index is 818. The zero-order chi connectivity index (χ0) is 16.8. The number of hydrogen-bond acceptors (Lipinski definition) is 2. The number of fused-ring (bicyclic) bond motifs is 1. The van der Waals surface area contributed by atoms with Crippen LogP contribution in [0.15, 0.2) is 34.8 Å². The van der Waals surface area contributed by atoms with E-state index in [2.05, 4.69) is 15.9 Å². The number of nitrogens with zero attached hydrogens (tertiary/aromatic N) is 3. The van der Waals surface area contributed by atoms with Gasteiger partial charge < -0.3 is 9.47 Å². The van der Waals surface area contributed by atoms with Crippen molar-refractivity contribution in [2.45, 2.75) is 12.7 Å². The number of nitriles is 1. The van der Waals surface area contributed by atoms with Gasteiger partial charge in [0.2, 0.25) is 0 Å². The van der Waals surface area contributed by atoms with Crippen LogP contribution >= 0.6 is 15.9 Å². The normalized spacial score (nSPS) is 14.6. The highest BCUT2D eigenvalue weighted by Gasteiger charge is 2.32. The molecule has 0 aliphatic carbocycles. The maximum atomic E-state index is 12.6. The first kappa shape index (κ1) is 15.6. The maximum Gasteiger partial charge on any atom is 0.416 e. The number of hydrogen-bond donors (Lipinski definition) is 0. The van der Waals surface area contributed by atoms with Gasteiger partial charge in [-0.25, -0.2) is 0 Å². The number of amides is 1. The van der Waals surface area contributed by atoms with Crippen LogP contribution in [-0.4, -0.2) is 17.0 Å². The molecule has 2 aromatic rings. The molecule has 1 aromatic heterocycles. The highest BCUT2D eigenvalue weighted by molar-refractivity contribution is 9.10. The van der Waals surface area contributed by atoms with E-state index in [-0.39, 0.29) is 12.5 Å². The summed E-state index contributed by atoms with van der Waals surface area (Å²) in [7, 11) is 0. The van der Waals surface area contributed by atoms with Crippen molar-refractivity contribution in [2.75, 3.05) is 11.4 Å². The lowest BCUT2D eigenvalue weighted by molar-refractivity contribution is -0.137. The van der Waals surface area contributed by atoms with Crippen molar-refractivity contribution in [1.82, 2.24) is 4.57 Å². The number of carbonyl (C=O) groups excluding carboxylic acids is 1. The van der Waals surface area contributed by atoms with Crippen molar-refractivity contribution in [2.24, 2.45) is 0 Å². The Labute approximate surface area is 137 Å². The number of halogens is 4. The maximum absolute atomic E-state index is 12.6. The first-order chi connectivity index (χ1) is 10.8. The van der Waals surface area contributed by atoms with E-state index in [4.69, 9.17) is 5.26 Å². The predicted octanol–water partition coefficient (Wildman–Crippen LogP) is 3.80. The summed E-state index contributed by atoms with van der Waals surface area (Å²) in [6.45, 7) is 0.684. The molecule has 8 heteroatoms. The van der Waals surface area contributed by atoms with Crippen molar-refractivity contribution in [3.63, 3.8) is 0 Å². The molecular weight excluding hydrogens is 375 g/mol. The third-order valence-electron chi connectivity index (χ3n) is 3.67. The van der Waals surface area contributed by atoms with Crippen LogP contribution in [0.25, 0.3) is 0 Å². The van der Waals surface area contributed by atoms with E-state index >= 15 is 0 Å². The van der Waals surface area contributed by atoms with E-state index in [9.17, 15) is 18.0 Å². The van der Waals surface area contributed by atoms with Crippen molar-refractivity contribution in [3.05, 3.63) is 51.8 Å². The van der Waals surface area contributed by atoms with Crippen molar-refractivity contribution >= 4 is 27.5 Å².